The van der Waals surface area contributed by atoms with E-state index in [-0.39, 0.29) is 18.3 Å². The quantitative estimate of drug-likeness (QED) is 0.205. The molecule has 0 N–H and O–H groups in total. The van der Waals surface area contributed by atoms with Crippen LogP contribution in [-0.4, -0.2) is 10.2 Å². The first kappa shape index (κ1) is 24.7. The molecule has 3 aromatic carbocycles. The Morgan fingerprint density at radius 2 is 1.76 bits per heavy atom. The van der Waals surface area contributed by atoms with Crippen molar-refractivity contribution in [2.45, 2.75) is 6.61 Å². The van der Waals surface area contributed by atoms with E-state index in [0.29, 0.717) is 45.2 Å². The van der Waals surface area contributed by atoms with Crippen LogP contribution in [0, 0.1) is 5.82 Å². The first-order valence-corrected chi connectivity index (χ1v) is 12.9. The summed E-state index contributed by atoms with van der Waals surface area (Å²) in [5, 5.41) is 0.736. The summed E-state index contributed by atoms with van der Waals surface area (Å²) in [6.45, 7) is 0.0749. The molecule has 0 bridgehead atoms. The van der Waals surface area contributed by atoms with E-state index in [1.807, 2.05) is 12.1 Å². The lowest BCUT2D eigenvalue weighted by atomic mass is 10.2. The second-order valence-electron chi connectivity index (χ2n) is 6.81. The van der Waals surface area contributed by atoms with Gasteiger partial charge in [0.15, 0.2) is 4.32 Å². The zero-order chi connectivity index (χ0) is 23.7. The number of amides is 1. The van der Waals surface area contributed by atoms with Crippen molar-refractivity contribution in [3.63, 3.8) is 0 Å². The summed E-state index contributed by atoms with van der Waals surface area (Å²) in [4.78, 5) is 14.9. The SMILES string of the molecule is O=C1/C(=C/c2cc(Br)c(OCc3ccccc3F)c(Br)c2)SC(=S)N1c1ccc(Cl)c(Cl)c1. The van der Waals surface area contributed by atoms with Gasteiger partial charge >= 0.3 is 0 Å². The van der Waals surface area contributed by atoms with Crippen molar-refractivity contribution < 1.29 is 13.9 Å². The van der Waals surface area contributed by atoms with Crippen LogP contribution < -0.4 is 9.64 Å². The van der Waals surface area contributed by atoms with E-state index in [2.05, 4.69) is 31.9 Å². The number of halogens is 5. The predicted molar refractivity (Wildman–Crippen MR) is 145 cm³/mol. The Morgan fingerprint density at radius 1 is 1.06 bits per heavy atom. The monoisotopic (exact) mass is 645 g/mol. The number of carbonyl (C=O) groups is 1. The molecular weight excluding hydrogens is 636 g/mol. The van der Waals surface area contributed by atoms with Gasteiger partial charge in [0.05, 0.1) is 29.6 Å². The Kier molecular flexibility index (Phi) is 7.83. The van der Waals surface area contributed by atoms with Crippen molar-refractivity contribution >= 4 is 101 Å². The Balaban J connectivity index is 1.56. The molecule has 3 nitrogen and oxygen atoms in total. The lowest BCUT2D eigenvalue weighted by Gasteiger charge is -2.15. The van der Waals surface area contributed by atoms with E-state index in [4.69, 9.17) is 40.2 Å². The van der Waals surface area contributed by atoms with Gasteiger partial charge in [0.1, 0.15) is 18.2 Å². The van der Waals surface area contributed by atoms with E-state index in [1.165, 1.54) is 22.7 Å². The molecular formula is C23H12Br2Cl2FNO2S2. The van der Waals surface area contributed by atoms with Gasteiger partial charge in [0.25, 0.3) is 5.91 Å². The summed E-state index contributed by atoms with van der Waals surface area (Å²) in [5.41, 5.74) is 1.75. The average Bonchev–Trinajstić information content (AvgIpc) is 3.03. The van der Waals surface area contributed by atoms with Gasteiger partial charge in [-0.25, -0.2) is 4.39 Å². The Hall–Kier alpha value is -1.42. The predicted octanol–water partition coefficient (Wildman–Crippen LogP) is 8.64. The van der Waals surface area contributed by atoms with Crippen molar-refractivity contribution in [2.24, 2.45) is 0 Å². The number of thiocarbonyl (C=S) groups is 1. The van der Waals surface area contributed by atoms with Gasteiger partial charge in [-0.2, -0.15) is 0 Å². The summed E-state index contributed by atoms with van der Waals surface area (Å²) >= 11 is 25.7. The molecule has 1 saturated heterocycles. The summed E-state index contributed by atoms with van der Waals surface area (Å²) in [5.74, 6) is -0.0559. The van der Waals surface area contributed by atoms with E-state index in [1.54, 1.807) is 42.5 Å². The first-order chi connectivity index (χ1) is 15.7. The number of carbonyl (C=O) groups excluding carboxylic acids is 1. The molecule has 1 fully saturated rings. The van der Waals surface area contributed by atoms with Crippen molar-refractivity contribution in [2.75, 3.05) is 4.90 Å². The fourth-order valence-electron chi connectivity index (χ4n) is 3.03. The lowest BCUT2D eigenvalue weighted by molar-refractivity contribution is -0.113. The number of thioether (sulfide) groups is 1. The van der Waals surface area contributed by atoms with Crippen LogP contribution in [0.1, 0.15) is 11.1 Å². The van der Waals surface area contributed by atoms with Crippen molar-refractivity contribution in [3.05, 3.63) is 95.4 Å². The van der Waals surface area contributed by atoms with E-state index in [9.17, 15) is 9.18 Å². The standard InChI is InChI=1S/C23H12Br2Cl2FNO2S2/c24-15-7-12(8-16(25)21(15)31-11-13-3-1-2-4-19(13)28)9-20-22(30)29(23(32)33-20)14-5-6-17(26)18(27)10-14/h1-10H,11H2/b20-9-. The van der Waals surface area contributed by atoms with Crippen molar-refractivity contribution in [1.82, 2.24) is 0 Å². The fraction of sp³-hybridized carbons (Fsp3) is 0.0435. The molecule has 33 heavy (non-hydrogen) atoms. The highest BCUT2D eigenvalue weighted by molar-refractivity contribution is 9.11. The second-order valence-corrected chi connectivity index (χ2v) is 11.0. The molecule has 1 aliphatic heterocycles. The molecule has 0 unspecified atom stereocenters. The van der Waals surface area contributed by atoms with Gasteiger partial charge in [-0.15, -0.1) is 0 Å². The minimum Gasteiger partial charge on any atom is -0.486 e. The maximum atomic E-state index is 13.9. The zero-order valence-electron chi connectivity index (χ0n) is 16.5. The maximum Gasteiger partial charge on any atom is 0.270 e. The van der Waals surface area contributed by atoms with Crippen molar-refractivity contribution in [3.8, 4) is 5.75 Å². The molecule has 0 aliphatic carbocycles. The molecule has 168 valence electrons. The smallest absolute Gasteiger partial charge is 0.270 e. The fourth-order valence-corrected chi connectivity index (χ4v) is 6.07. The van der Waals surface area contributed by atoms with Crippen LogP contribution in [0.2, 0.25) is 10.0 Å². The largest absolute Gasteiger partial charge is 0.486 e. The molecule has 1 amide bonds. The third-order valence-electron chi connectivity index (χ3n) is 4.60. The third kappa shape index (κ3) is 5.47. The summed E-state index contributed by atoms with van der Waals surface area (Å²) < 4.78 is 21.4. The number of benzene rings is 3. The molecule has 1 heterocycles. The van der Waals surface area contributed by atoms with E-state index in [0.717, 1.165) is 5.56 Å². The normalized spacial score (nSPS) is 14.9. The Labute approximate surface area is 226 Å². The topological polar surface area (TPSA) is 29.5 Å². The van der Waals surface area contributed by atoms with Gasteiger partial charge in [-0.05, 0) is 79.9 Å². The number of hydrogen-bond acceptors (Lipinski definition) is 4. The summed E-state index contributed by atoms with van der Waals surface area (Å²) in [6.07, 6.45) is 1.74. The molecule has 4 rings (SSSR count). The molecule has 0 atom stereocenters. The molecule has 0 aromatic heterocycles. The minimum absolute atomic E-state index is 0.0749. The van der Waals surface area contributed by atoms with Gasteiger partial charge in [0, 0.05) is 5.56 Å². The number of rotatable bonds is 5. The van der Waals surface area contributed by atoms with Gasteiger partial charge in [0.2, 0.25) is 0 Å². The number of ether oxygens (including phenoxy) is 1. The molecule has 0 radical (unpaired) electrons. The average molecular weight is 648 g/mol. The van der Waals surface area contributed by atoms with Gasteiger partial charge in [-0.1, -0.05) is 65.4 Å². The minimum atomic E-state index is -0.328. The number of nitrogens with zero attached hydrogens (tertiary/aromatic N) is 1. The number of anilines is 1. The first-order valence-electron chi connectivity index (χ1n) is 9.33. The number of hydrogen-bond donors (Lipinski definition) is 0. The van der Waals surface area contributed by atoms with Crippen LogP contribution in [0.25, 0.3) is 6.08 Å². The van der Waals surface area contributed by atoms with Crippen LogP contribution in [0.4, 0.5) is 10.1 Å². The lowest BCUT2D eigenvalue weighted by Crippen LogP contribution is -2.27. The highest BCUT2D eigenvalue weighted by atomic mass is 79.9. The third-order valence-corrected chi connectivity index (χ3v) is 7.82. The van der Waals surface area contributed by atoms with Crippen LogP contribution in [0.3, 0.4) is 0 Å². The maximum absolute atomic E-state index is 13.9. The van der Waals surface area contributed by atoms with Gasteiger partial charge < -0.3 is 4.74 Å². The zero-order valence-corrected chi connectivity index (χ0v) is 22.8. The molecule has 10 heteroatoms. The Morgan fingerprint density at radius 3 is 2.42 bits per heavy atom. The second kappa shape index (κ2) is 10.5. The van der Waals surface area contributed by atoms with Crippen LogP contribution in [-0.2, 0) is 11.4 Å². The molecule has 3 aromatic rings. The van der Waals surface area contributed by atoms with Crippen molar-refractivity contribution in [1.29, 1.82) is 0 Å². The van der Waals surface area contributed by atoms with Crippen LogP contribution in [0.5, 0.6) is 5.75 Å². The highest BCUT2D eigenvalue weighted by Gasteiger charge is 2.33. The van der Waals surface area contributed by atoms with E-state index < -0.39 is 0 Å². The van der Waals surface area contributed by atoms with Gasteiger partial charge in [-0.3, -0.25) is 9.69 Å². The molecule has 1 aliphatic rings. The molecule has 0 spiro atoms. The Bertz CT molecular complexity index is 1300. The van der Waals surface area contributed by atoms with Crippen LogP contribution in [0.15, 0.2) is 68.4 Å². The molecule has 0 saturated carbocycles. The summed E-state index contributed by atoms with van der Waals surface area (Å²) in [6, 6.07) is 15.0. The summed E-state index contributed by atoms with van der Waals surface area (Å²) in [7, 11) is 0. The van der Waals surface area contributed by atoms with E-state index >= 15 is 0 Å². The highest BCUT2D eigenvalue weighted by Crippen LogP contribution is 2.40. The van der Waals surface area contributed by atoms with Crippen LogP contribution >= 0.6 is 79.0 Å².